The maximum atomic E-state index is 2.25. The van der Waals surface area contributed by atoms with Gasteiger partial charge in [0.1, 0.15) is 0 Å². The average molecular weight is 188 g/mol. The Balaban J connectivity index is 0.00000121. The van der Waals surface area contributed by atoms with Crippen molar-refractivity contribution in [2.24, 2.45) is 0 Å². The van der Waals surface area contributed by atoms with Crippen LogP contribution in [0.1, 0.15) is 38.2 Å². The SMILES string of the molecule is CCCCCC[c-]1cccc1.[K+]. The van der Waals surface area contributed by atoms with Crippen molar-refractivity contribution in [3.8, 4) is 0 Å². The Kier molecular flexibility index (Phi) is 9.28. The van der Waals surface area contributed by atoms with Crippen molar-refractivity contribution in [1.29, 1.82) is 0 Å². The molecule has 0 aliphatic heterocycles. The minimum absolute atomic E-state index is 0. The first-order valence-electron chi connectivity index (χ1n) is 4.64. The molecule has 0 heterocycles. The van der Waals surface area contributed by atoms with Gasteiger partial charge in [-0.2, -0.15) is 17.7 Å². The van der Waals surface area contributed by atoms with Crippen LogP contribution in [-0.4, -0.2) is 0 Å². The van der Waals surface area contributed by atoms with Crippen LogP contribution in [0.15, 0.2) is 24.3 Å². The van der Waals surface area contributed by atoms with Gasteiger partial charge in [0.2, 0.25) is 0 Å². The molecule has 0 N–H and O–H groups in total. The summed E-state index contributed by atoms with van der Waals surface area (Å²) in [5.74, 6) is 0. The van der Waals surface area contributed by atoms with Crippen molar-refractivity contribution in [2.45, 2.75) is 39.0 Å². The van der Waals surface area contributed by atoms with E-state index in [0.29, 0.717) is 0 Å². The molecule has 1 aromatic carbocycles. The average Bonchev–Trinajstić information content (AvgIpc) is 2.50. The Hall–Kier alpha value is 0.986. The Morgan fingerprint density at radius 3 is 2.25 bits per heavy atom. The molecule has 0 saturated heterocycles. The normalized spacial score (nSPS) is 9.42. The third-order valence-electron chi connectivity index (χ3n) is 2.05. The van der Waals surface area contributed by atoms with Crippen molar-refractivity contribution in [1.82, 2.24) is 0 Å². The molecule has 12 heavy (non-hydrogen) atoms. The third kappa shape index (κ3) is 5.60. The van der Waals surface area contributed by atoms with E-state index in [2.05, 4.69) is 31.2 Å². The monoisotopic (exact) mass is 188 g/mol. The summed E-state index contributed by atoms with van der Waals surface area (Å²) in [6.45, 7) is 2.25. The third-order valence-corrected chi connectivity index (χ3v) is 2.05. The van der Waals surface area contributed by atoms with Crippen LogP contribution in [-0.2, 0) is 6.42 Å². The van der Waals surface area contributed by atoms with Gasteiger partial charge in [-0.1, -0.05) is 39.0 Å². The molecule has 0 unspecified atom stereocenters. The number of rotatable bonds is 5. The summed E-state index contributed by atoms with van der Waals surface area (Å²) in [7, 11) is 0. The van der Waals surface area contributed by atoms with Gasteiger partial charge in [0.05, 0.1) is 0 Å². The Labute approximate surface area is 119 Å². The van der Waals surface area contributed by atoms with E-state index in [1.807, 2.05) is 0 Å². The zero-order valence-corrected chi connectivity index (χ0v) is 11.5. The molecule has 0 aromatic heterocycles. The second-order valence-corrected chi connectivity index (χ2v) is 3.10. The largest absolute Gasteiger partial charge is 1.00 e. The van der Waals surface area contributed by atoms with E-state index in [-0.39, 0.29) is 51.4 Å². The number of hydrogen-bond acceptors (Lipinski definition) is 0. The molecule has 1 rings (SSSR count). The van der Waals surface area contributed by atoms with Crippen LogP contribution >= 0.6 is 0 Å². The van der Waals surface area contributed by atoms with Gasteiger partial charge in [-0.3, -0.25) is 0 Å². The van der Waals surface area contributed by atoms with Crippen LogP contribution in [0.4, 0.5) is 0 Å². The molecule has 0 atom stereocenters. The Morgan fingerprint density at radius 1 is 1.00 bits per heavy atom. The number of unbranched alkanes of at least 4 members (excludes halogenated alkanes) is 3. The van der Waals surface area contributed by atoms with Crippen molar-refractivity contribution in [2.75, 3.05) is 0 Å². The molecule has 0 nitrogen and oxygen atoms in total. The van der Waals surface area contributed by atoms with Gasteiger partial charge in [-0.25, -0.2) is 12.1 Å². The van der Waals surface area contributed by atoms with Gasteiger partial charge < -0.3 is 0 Å². The van der Waals surface area contributed by atoms with Gasteiger partial charge >= 0.3 is 51.4 Å². The fraction of sp³-hybridized carbons (Fsp3) is 0.545. The number of aryl methyl sites for hydroxylation is 1. The molecular formula is C11H17K. The molecule has 0 bridgehead atoms. The minimum atomic E-state index is 0. The molecule has 0 aliphatic rings. The van der Waals surface area contributed by atoms with Crippen molar-refractivity contribution < 1.29 is 51.4 Å². The predicted octanol–water partition coefficient (Wildman–Crippen LogP) is 0.532. The molecular weight excluding hydrogens is 171 g/mol. The quantitative estimate of drug-likeness (QED) is 0.359. The van der Waals surface area contributed by atoms with Gasteiger partial charge in [-0.15, -0.1) is 0 Å². The summed E-state index contributed by atoms with van der Waals surface area (Å²) < 4.78 is 0. The molecule has 1 heteroatoms. The van der Waals surface area contributed by atoms with E-state index in [0.717, 1.165) is 0 Å². The smallest absolute Gasteiger partial charge is 0.213 e. The molecule has 0 fully saturated rings. The van der Waals surface area contributed by atoms with E-state index < -0.39 is 0 Å². The summed E-state index contributed by atoms with van der Waals surface area (Å²) in [5, 5.41) is 0. The molecule has 1 aromatic rings. The molecule has 0 aliphatic carbocycles. The van der Waals surface area contributed by atoms with E-state index in [4.69, 9.17) is 0 Å². The zero-order valence-electron chi connectivity index (χ0n) is 8.34. The fourth-order valence-corrected chi connectivity index (χ4v) is 1.34. The second kappa shape index (κ2) is 8.58. The zero-order chi connectivity index (χ0) is 7.94. The van der Waals surface area contributed by atoms with Crippen LogP contribution in [0.5, 0.6) is 0 Å². The molecule has 0 saturated carbocycles. The van der Waals surface area contributed by atoms with Crippen molar-refractivity contribution >= 4 is 0 Å². The van der Waals surface area contributed by atoms with E-state index >= 15 is 0 Å². The first kappa shape index (κ1) is 13.0. The topological polar surface area (TPSA) is 0 Å². The maximum absolute atomic E-state index is 2.25. The summed E-state index contributed by atoms with van der Waals surface area (Å²) in [6, 6.07) is 8.67. The van der Waals surface area contributed by atoms with Crippen LogP contribution < -0.4 is 51.4 Å². The predicted molar refractivity (Wildman–Crippen MR) is 49.9 cm³/mol. The Morgan fingerprint density at radius 2 is 1.67 bits per heavy atom. The summed E-state index contributed by atoms with van der Waals surface area (Å²) in [5.41, 5.74) is 1.50. The molecule has 62 valence electrons. The summed E-state index contributed by atoms with van der Waals surface area (Å²) in [4.78, 5) is 0. The first-order valence-corrected chi connectivity index (χ1v) is 4.64. The standard InChI is InChI=1S/C11H17.K/c1-2-3-4-5-8-11-9-6-7-10-11;/h6-7,9-10H,2-5,8H2,1H3;/q-1;+1. The van der Waals surface area contributed by atoms with Crippen molar-refractivity contribution in [3.05, 3.63) is 29.8 Å². The fourth-order valence-electron chi connectivity index (χ4n) is 1.34. The van der Waals surface area contributed by atoms with E-state index in [9.17, 15) is 0 Å². The van der Waals surface area contributed by atoms with Gasteiger partial charge in [0, 0.05) is 0 Å². The van der Waals surface area contributed by atoms with Crippen LogP contribution in [0.2, 0.25) is 0 Å². The van der Waals surface area contributed by atoms with Gasteiger partial charge in [-0.05, 0) is 0 Å². The van der Waals surface area contributed by atoms with Crippen LogP contribution in [0, 0.1) is 0 Å². The molecule has 0 amide bonds. The Bertz CT molecular complexity index is 165. The second-order valence-electron chi connectivity index (χ2n) is 3.10. The van der Waals surface area contributed by atoms with Crippen molar-refractivity contribution in [3.63, 3.8) is 0 Å². The minimum Gasteiger partial charge on any atom is -0.213 e. The molecule has 0 radical (unpaired) electrons. The van der Waals surface area contributed by atoms with Crippen LogP contribution in [0.25, 0.3) is 0 Å². The first-order chi connectivity index (χ1) is 5.43. The van der Waals surface area contributed by atoms with Crippen LogP contribution in [0.3, 0.4) is 0 Å². The maximum Gasteiger partial charge on any atom is 1.00 e. The van der Waals surface area contributed by atoms with Gasteiger partial charge in [0.25, 0.3) is 0 Å². The number of hydrogen-bond donors (Lipinski definition) is 0. The van der Waals surface area contributed by atoms with E-state index in [1.54, 1.807) is 0 Å². The van der Waals surface area contributed by atoms with Gasteiger partial charge in [0.15, 0.2) is 0 Å². The summed E-state index contributed by atoms with van der Waals surface area (Å²) in [6.07, 6.45) is 6.74. The van der Waals surface area contributed by atoms with E-state index in [1.165, 1.54) is 37.7 Å². The molecule has 0 spiro atoms. The summed E-state index contributed by atoms with van der Waals surface area (Å²) >= 11 is 0.